The van der Waals surface area contributed by atoms with Crippen molar-refractivity contribution in [2.24, 2.45) is 11.1 Å². The smallest absolute Gasteiger partial charge is 0.110 e. The van der Waals surface area contributed by atoms with Crippen molar-refractivity contribution in [3.63, 3.8) is 0 Å². The van der Waals surface area contributed by atoms with Gasteiger partial charge in [-0.25, -0.2) is 0 Å². The minimum Gasteiger partial charge on any atom is -0.500 e. The Morgan fingerprint density at radius 3 is 2.81 bits per heavy atom. The van der Waals surface area contributed by atoms with Crippen LogP contribution in [0.4, 0.5) is 0 Å². The predicted molar refractivity (Wildman–Crippen MR) is 72.6 cm³/mol. The van der Waals surface area contributed by atoms with E-state index < -0.39 is 0 Å². The second kappa shape index (κ2) is 5.87. The highest BCUT2D eigenvalue weighted by Crippen LogP contribution is 2.37. The molecule has 0 aliphatic heterocycles. The van der Waals surface area contributed by atoms with Crippen molar-refractivity contribution in [1.82, 2.24) is 0 Å². The van der Waals surface area contributed by atoms with Gasteiger partial charge in [-0.1, -0.05) is 35.9 Å². The molecule has 0 radical (unpaired) electrons. The van der Waals surface area contributed by atoms with Crippen molar-refractivity contribution in [1.29, 1.82) is 0 Å². The van der Waals surface area contributed by atoms with E-state index in [9.17, 15) is 0 Å². The molecule has 0 aromatic heterocycles. The van der Waals surface area contributed by atoms with Crippen LogP contribution in [0.2, 0.25) is 0 Å². The van der Waals surface area contributed by atoms with Gasteiger partial charge in [0, 0.05) is 0 Å². The van der Waals surface area contributed by atoms with Crippen LogP contribution < -0.4 is 5.73 Å². The van der Waals surface area contributed by atoms with Crippen LogP contribution in [0.5, 0.6) is 0 Å². The fraction of sp³-hybridized carbons (Fsp3) is 0.692. The van der Waals surface area contributed by atoms with Crippen molar-refractivity contribution in [3.8, 4) is 0 Å². The first-order chi connectivity index (χ1) is 7.51. The number of alkyl halides is 1. The Morgan fingerprint density at radius 1 is 1.56 bits per heavy atom. The van der Waals surface area contributed by atoms with Crippen LogP contribution in [0.15, 0.2) is 23.5 Å². The summed E-state index contributed by atoms with van der Waals surface area (Å²) in [5, 5.41) is 0. The second-order valence-electron chi connectivity index (χ2n) is 4.89. The number of hydrogen-bond acceptors (Lipinski definition) is 2. The molecule has 2 N–H and O–H groups in total. The molecule has 3 heteroatoms. The number of allylic oxidation sites excluding steroid dienone is 4. The minimum absolute atomic E-state index is 0.191. The number of rotatable bonds is 5. The standard InChI is InChI=1S/C13H22BrNO/c1-13(2,7-4-8-15)10-5-6-11(14)12(9-10)16-3/h5,9,11H,4,6-8,15H2,1-3H3. The second-order valence-corrected chi connectivity index (χ2v) is 5.99. The third-order valence-electron chi connectivity index (χ3n) is 3.17. The Hall–Kier alpha value is -0.280. The van der Waals surface area contributed by atoms with Crippen molar-refractivity contribution < 1.29 is 4.74 Å². The lowest BCUT2D eigenvalue weighted by molar-refractivity contribution is 0.276. The summed E-state index contributed by atoms with van der Waals surface area (Å²) in [4.78, 5) is 0.326. The van der Waals surface area contributed by atoms with Gasteiger partial charge in [0.15, 0.2) is 0 Å². The third-order valence-corrected chi connectivity index (χ3v) is 4.00. The first kappa shape index (κ1) is 13.8. The van der Waals surface area contributed by atoms with E-state index in [0.717, 1.165) is 31.6 Å². The quantitative estimate of drug-likeness (QED) is 0.787. The molecule has 0 aromatic rings. The first-order valence-corrected chi connectivity index (χ1v) is 6.73. The number of halogens is 1. The van der Waals surface area contributed by atoms with Gasteiger partial charge in [-0.3, -0.25) is 0 Å². The topological polar surface area (TPSA) is 35.2 Å². The maximum atomic E-state index is 5.57. The lowest BCUT2D eigenvalue weighted by Gasteiger charge is -2.30. The van der Waals surface area contributed by atoms with Crippen LogP contribution in [0.3, 0.4) is 0 Å². The molecular formula is C13H22BrNO. The largest absolute Gasteiger partial charge is 0.500 e. The van der Waals surface area contributed by atoms with Crippen LogP contribution in [0.25, 0.3) is 0 Å². The van der Waals surface area contributed by atoms with Crippen molar-refractivity contribution in [2.75, 3.05) is 13.7 Å². The molecule has 1 aliphatic carbocycles. The van der Waals surface area contributed by atoms with E-state index in [4.69, 9.17) is 10.5 Å². The van der Waals surface area contributed by atoms with Gasteiger partial charge in [0.05, 0.1) is 11.9 Å². The normalized spacial score (nSPS) is 21.4. The Morgan fingerprint density at radius 2 is 2.25 bits per heavy atom. The third kappa shape index (κ3) is 3.36. The molecule has 16 heavy (non-hydrogen) atoms. The summed E-state index contributed by atoms with van der Waals surface area (Å²) < 4.78 is 5.38. The Labute approximate surface area is 107 Å². The highest BCUT2D eigenvalue weighted by Gasteiger charge is 2.26. The summed E-state index contributed by atoms with van der Waals surface area (Å²) in [6.07, 6.45) is 7.66. The van der Waals surface area contributed by atoms with Crippen LogP contribution >= 0.6 is 15.9 Å². The molecule has 0 saturated carbocycles. The van der Waals surface area contributed by atoms with Crippen LogP contribution in [-0.4, -0.2) is 18.5 Å². The summed E-state index contributed by atoms with van der Waals surface area (Å²) in [6, 6.07) is 0. The molecule has 1 atom stereocenters. The number of hydrogen-bond donors (Lipinski definition) is 1. The predicted octanol–water partition coefficient (Wildman–Crippen LogP) is 3.38. The molecule has 0 bridgehead atoms. The van der Waals surface area contributed by atoms with Crippen LogP contribution in [0.1, 0.15) is 33.1 Å². The molecule has 2 nitrogen and oxygen atoms in total. The van der Waals surface area contributed by atoms with Crippen molar-refractivity contribution in [3.05, 3.63) is 23.5 Å². The van der Waals surface area contributed by atoms with E-state index >= 15 is 0 Å². The molecule has 0 fully saturated rings. The molecular weight excluding hydrogens is 266 g/mol. The molecule has 0 spiro atoms. The highest BCUT2D eigenvalue weighted by molar-refractivity contribution is 9.09. The maximum Gasteiger partial charge on any atom is 0.110 e. The molecule has 92 valence electrons. The zero-order valence-electron chi connectivity index (χ0n) is 10.4. The lowest BCUT2D eigenvalue weighted by Crippen LogP contribution is -2.20. The summed E-state index contributed by atoms with van der Waals surface area (Å²) in [7, 11) is 1.73. The highest BCUT2D eigenvalue weighted by atomic mass is 79.9. The van der Waals surface area contributed by atoms with Gasteiger partial charge >= 0.3 is 0 Å². The Kier molecular flexibility index (Phi) is 5.06. The summed E-state index contributed by atoms with van der Waals surface area (Å²) in [5.74, 6) is 1.03. The van der Waals surface area contributed by atoms with Crippen LogP contribution in [-0.2, 0) is 4.74 Å². The van der Waals surface area contributed by atoms with Gasteiger partial charge < -0.3 is 10.5 Å². The van der Waals surface area contributed by atoms with Gasteiger partial charge in [-0.15, -0.1) is 0 Å². The van der Waals surface area contributed by atoms with E-state index in [1.807, 2.05) is 0 Å². The zero-order chi connectivity index (χ0) is 12.2. The van der Waals surface area contributed by atoms with E-state index in [-0.39, 0.29) is 5.41 Å². The Bertz CT molecular complexity index is 294. The van der Waals surface area contributed by atoms with Gasteiger partial charge in [0.2, 0.25) is 0 Å². The summed E-state index contributed by atoms with van der Waals surface area (Å²) >= 11 is 3.60. The van der Waals surface area contributed by atoms with Crippen molar-refractivity contribution >= 4 is 15.9 Å². The van der Waals surface area contributed by atoms with Gasteiger partial charge in [0.1, 0.15) is 5.76 Å². The average molecular weight is 288 g/mol. The first-order valence-electron chi connectivity index (χ1n) is 5.81. The number of nitrogens with two attached hydrogens (primary N) is 1. The van der Waals surface area contributed by atoms with E-state index in [1.165, 1.54) is 5.57 Å². The van der Waals surface area contributed by atoms with Gasteiger partial charge in [0.25, 0.3) is 0 Å². The SMILES string of the molecule is COC1=CC(C(C)(C)CCCN)=CCC1Br. The van der Waals surface area contributed by atoms with Crippen LogP contribution in [0, 0.1) is 5.41 Å². The zero-order valence-corrected chi connectivity index (χ0v) is 12.0. The lowest BCUT2D eigenvalue weighted by atomic mass is 9.78. The fourth-order valence-electron chi connectivity index (χ4n) is 2.00. The molecule has 1 aliphatic rings. The molecule has 0 aromatic carbocycles. The summed E-state index contributed by atoms with van der Waals surface area (Å²) in [6.45, 7) is 5.30. The van der Waals surface area contributed by atoms with E-state index in [2.05, 4.69) is 41.9 Å². The van der Waals surface area contributed by atoms with Gasteiger partial charge in [-0.05, 0) is 42.9 Å². The van der Waals surface area contributed by atoms with E-state index in [1.54, 1.807) is 7.11 Å². The number of ether oxygens (including phenoxy) is 1. The molecule has 0 saturated heterocycles. The molecule has 0 amide bonds. The van der Waals surface area contributed by atoms with Gasteiger partial charge in [-0.2, -0.15) is 0 Å². The monoisotopic (exact) mass is 287 g/mol. The van der Waals surface area contributed by atoms with Crippen molar-refractivity contribution in [2.45, 2.75) is 37.9 Å². The maximum absolute atomic E-state index is 5.57. The Balaban J connectivity index is 2.77. The molecule has 1 rings (SSSR count). The summed E-state index contributed by atoms with van der Waals surface area (Å²) in [5.41, 5.74) is 7.13. The average Bonchev–Trinajstić information content (AvgIpc) is 2.27. The number of methoxy groups -OCH3 is 1. The van der Waals surface area contributed by atoms with E-state index in [0.29, 0.717) is 4.83 Å². The molecule has 1 unspecified atom stereocenters. The fourth-order valence-corrected chi connectivity index (χ4v) is 2.50. The molecule has 0 heterocycles. The minimum atomic E-state index is 0.191.